The number of hydrogen-bond acceptors (Lipinski definition) is 6. The fourth-order valence-electron chi connectivity index (χ4n) is 3.91. The number of piperazine rings is 1. The van der Waals surface area contributed by atoms with Crippen LogP contribution in [0.5, 0.6) is 0 Å². The van der Waals surface area contributed by atoms with Gasteiger partial charge in [-0.2, -0.15) is 0 Å². The summed E-state index contributed by atoms with van der Waals surface area (Å²) >= 11 is 0. The molecule has 0 aromatic carbocycles. The Kier molecular flexibility index (Phi) is 10.4. The summed E-state index contributed by atoms with van der Waals surface area (Å²) in [4.78, 5) is 41.5. The lowest BCUT2D eigenvalue weighted by Crippen LogP contribution is -2.50. The van der Waals surface area contributed by atoms with Crippen molar-refractivity contribution in [1.82, 2.24) is 25.3 Å². The predicted molar refractivity (Wildman–Crippen MR) is 111 cm³/mol. The molecule has 2 aliphatic rings. The molecule has 2 rings (SSSR count). The van der Waals surface area contributed by atoms with Crippen molar-refractivity contribution in [2.75, 3.05) is 66.0 Å². The summed E-state index contributed by atoms with van der Waals surface area (Å²) in [7, 11) is 2.16. The summed E-state index contributed by atoms with van der Waals surface area (Å²) in [5, 5.41) is 14.2. The SMILES string of the molecule is CN1CCN([13CH2][13CH]2[13CH2][13CH2][13CH2]N2CC(=O)[15NH]CCCC(=O)[15NH][13CH2][13CH2][13CH2][13C](=O)O)CC1. The molecule has 2 aliphatic heterocycles. The van der Waals surface area contributed by atoms with Crippen LogP contribution in [0, 0.1) is 0 Å². The number of carboxylic acids is 1. The minimum atomic E-state index is -0.856. The molecule has 0 aromatic rings. The van der Waals surface area contributed by atoms with Crippen LogP contribution in [0.15, 0.2) is 0 Å². The normalized spacial score (nSPS) is 21.2. The van der Waals surface area contributed by atoms with E-state index < -0.39 is 5.97 Å². The van der Waals surface area contributed by atoms with Crippen LogP contribution in [0.3, 0.4) is 0 Å². The summed E-state index contributed by atoms with van der Waals surface area (Å²) < 4.78 is 0. The molecule has 9 nitrogen and oxygen atoms in total. The van der Waals surface area contributed by atoms with Crippen molar-refractivity contribution in [2.45, 2.75) is 44.6 Å². The number of aliphatic carboxylic acids is 1. The van der Waals surface area contributed by atoms with Gasteiger partial charge in [-0.05, 0) is 39.3 Å². The van der Waals surface area contributed by atoms with Crippen LogP contribution in [0.4, 0.5) is 0 Å². The quantitative estimate of drug-likeness (QED) is 0.223. The number of nitrogens with one attached hydrogen (secondary N) is 2. The van der Waals surface area contributed by atoms with Gasteiger partial charge in [0, 0.05) is 64.7 Å². The van der Waals surface area contributed by atoms with E-state index in [0.29, 0.717) is 44.9 Å². The van der Waals surface area contributed by atoms with Gasteiger partial charge >= 0.3 is 5.97 Å². The molecule has 0 saturated carbocycles. The van der Waals surface area contributed by atoms with Crippen molar-refractivity contribution in [1.29, 1.82) is 0 Å². The zero-order valence-electron chi connectivity index (χ0n) is 17.7. The number of likely N-dealkylation sites (N-methyl/N-ethyl adjacent to an activating group) is 1. The van der Waals surface area contributed by atoms with Gasteiger partial charge in [-0.15, -0.1) is 0 Å². The number of carbonyl (C=O) groups excluding carboxylic acids is 2. The number of carboxylic acid groups (broad SMARTS) is 1. The van der Waals surface area contributed by atoms with Crippen molar-refractivity contribution in [3.05, 3.63) is 0 Å². The Morgan fingerprint density at radius 1 is 0.931 bits per heavy atom. The third kappa shape index (κ3) is 9.56. The average Bonchev–Trinajstić information content (AvgIpc) is 3.10. The molecule has 2 heterocycles. The number of rotatable bonds is 12. The number of amides is 2. The smallest absolute Gasteiger partial charge is 0.303 e. The van der Waals surface area contributed by atoms with Crippen LogP contribution in [0.25, 0.3) is 0 Å². The molecule has 0 aromatic heterocycles. The van der Waals surface area contributed by atoms with Gasteiger partial charge in [-0.1, -0.05) is 0 Å². The van der Waals surface area contributed by atoms with E-state index in [1.807, 2.05) is 0 Å². The predicted octanol–water partition coefficient (Wildman–Crippen LogP) is -0.424. The lowest BCUT2D eigenvalue weighted by Gasteiger charge is -2.36. The van der Waals surface area contributed by atoms with Gasteiger partial charge in [-0.3, -0.25) is 24.2 Å². The van der Waals surface area contributed by atoms with Gasteiger partial charge in [0.1, 0.15) is 0 Å². The first-order chi connectivity index (χ1) is 13.9. The molecular weight excluding hydrogens is 385 g/mol. The maximum atomic E-state index is 12.3. The minimum Gasteiger partial charge on any atom is -0.481 e. The van der Waals surface area contributed by atoms with Gasteiger partial charge in [0.05, 0.1) is 6.54 Å². The standard InChI is InChI=1S/C20H37N5O4/c1-23-11-13-24(14-12-23)15-17-5-4-10-25(17)16-19(27)22-8-2-6-18(26)21-9-3-7-20(28)29/h17H,2-16H2,1H3,(H,21,26)(H,22,27)(H,28,29)/i3+1,4+1,5+1,7+1,9+1,10+1,15+1,17+1,20+1,21+1,22+1. The first-order valence-corrected chi connectivity index (χ1v) is 10.8. The molecule has 2 amide bonds. The summed E-state index contributed by atoms with van der Waals surface area (Å²) in [6.45, 7) is 7.74. The maximum absolute atomic E-state index is 12.3. The fraction of sp³-hybridized carbons (Fsp3) is 0.850. The molecule has 1 atom stereocenters. The number of carbonyl (C=O) groups is 3. The summed E-state index contributed by atoms with van der Waals surface area (Å²) in [5.41, 5.74) is 0. The highest BCUT2D eigenvalue weighted by Gasteiger charge is 2.28. The van der Waals surface area contributed by atoms with Crippen LogP contribution in [-0.2, 0) is 14.4 Å². The number of nitrogens with zero attached hydrogens (tertiary/aromatic N) is 3. The Balaban J connectivity index is 1.55. The molecule has 0 aliphatic carbocycles. The van der Waals surface area contributed by atoms with E-state index in [4.69, 9.17) is 5.11 Å². The van der Waals surface area contributed by atoms with Crippen LogP contribution < -0.4 is 10.6 Å². The molecule has 0 spiro atoms. The van der Waals surface area contributed by atoms with Crippen molar-refractivity contribution < 1.29 is 19.5 Å². The van der Waals surface area contributed by atoms with Crippen molar-refractivity contribution in [2.24, 2.45) is 0 Å². The largest absolute Gasteiger partial charge is 0.481 e. The van der Waals surface area contributed by atoms with Crippen LogP contribution >= 0.6 is 0 Å². The summed E-state index contributed by atoms with van der Waals surface area (Å²) in [6, 6.07) is 0.459. The van der Waals surface area contributed by atoms with Gasteiger partial charge in [0.15, 0.2) is 0 Å². The van der Waals surface area contributed by atoms with Crippen molar-refractivity contribution in [3.8, 4) is 0 Å². The molecule has 29 heavy (non-hydrogen) atoms. The second kappa shape index (κ2) is 12.8. The summed E-state index contributed by atoms with van der Waals surface area (Å²) in [5.74, 6) is -0.931. The van der Waals surface area contributed by atoms with Gasteiger partial charge in [0.2, 0.25) is 11.8 Å². The monoisotopic (exact) mass is 422 g/mol. The fourth-order valence-corrected chi connectivity index (χ4v) is 3.91. The Bertz CT molecular complexity index is 537. The van der Waals surface area contributed by atoms with E-state index in [-0.39, 0.29) is 18.2 Å². The molecule has 2 fully saturated rings. The second-order valence-corrected chi connectivity index (χ2v) is 8.17. The van der Waals surface area contributed by atoms with Crippen LogP contribution in [0.1, 0.15) is 38.5 Å². The van der Waals surface area contributed by atoms with Crippen molar-refractivity contribution >= 4 is 17.8 Å². The molecular formula is C20H37N5O4. The first-order valence-electron chi connectivity index (χ1n) is 10.8. The van der Waals surface area contributed by atoms with Crippen molar-refractivity contribution in [3.63, 3.8) is 0 Å². The highest BCUT2D eigenvalue weighted by molar-refractivity contribution is 5.78. The Hall–Kier alpha value is -1.71. The molecule has 166 valence electrons. The highest BCUT2D eigenvalue weighted by Crippen LogP contribution is 2.18. The zero-order valence-corrected chi connectivity index (χ0v) is 17.7. The van der Waals surface area contributed by atoms with Crippen LogP contribution in [-0.4, -0.2) is 110 Å². The van der Waals surface area contributed by atoms with Crippen LogP contribution in [0.2, 0.25) is 0 Å². The average molecular weight is 422 g/mol. The van der Waals surface area contributed by atoms with Gasteiger partial charge < -0.3 is 20.6 Å². The van der Waals surface area contributed by atoms with Gasteiger partial charge in [-0.25, -0.2) is 0 Å². The lowest BCUT2D eigenvalue weighted by molar-refractivity contribution is -0.137. The molecule has 0 radical (unpaired) electrons. The molecule has 1 unspecified atom stereocenters. The van der Waals surface area contributed by atoms with E-state index in [9.17, 15) is 14.4 Å². The molecule has 9 heteroatoms. The van der Waals surface area contributed by atoms with E-state index in [2.05, 4.69) is 32.4 Å². The highest BCUT2D eigenvalue weighted by atomic mass is 16.5. The zero-order chi connectivity index (χ0) is 21.1. The number of likely N-dealkylation sites (tertiary alicyclic amines) is 1. The Morgan fingerprint density at radius 2 is 1.59 bits per heavy atom. The number of hydrogen-bond donors (Lipinski definition) is 3. The third-order valence-corrected chi connectivity index (χ3v) is 5.70. The molecule has 3 N–H and O–H groups in total. The Labute approximate surface area is 173 Å². The van der Waals surface area contributed by atoms with E-state index in [0.717, 1.165) is 52.1 Å². The second-order valence-electron chi connectivity index (χ2n) is 8.17. The minimum absolute atomic E-state index is 0.0251. The Morgan fingerprint density at radius 3 is 2.28 bits per heavy atom. The lowest BCUT2D eigenvalue weighted by atomic mass is 10.3. The molecule has 2 saturated heterocycles. The maximum Gasteiger partial charge on any atom is 0.303 e. The molecule has 0 bridgehead atoms. The topological polar surface area (TPSA) is 105 Å². The van der Waals surface area contributed by atoms with E-state index in [1.54, 1.807) is 0 Å². The summed E-state index contributed by atoms with van der Waals surface area (Å²) in [6.07, 6.45) is 3.71. The van der Waals surface area contributed by atoms with E-state index >= 15 is 0 Å². The third-order valence-electron chi connectivity index (χ3n) is 5.70. The van der Waals surface area contributed by atoms with E-state index in [1.165, 1.54) is 0 Å². The first kappa shape index (κ1) is 23.6. The van der Waals surface area contributed by atoms with Gasteiger partial charge in [0.25, 0.3) is 0 Å².